The van der Waals surface area contributed by atoms with Crippen LogP contribution in [0.15, 0.2) is 4.99 Å². The average molecular weight is 200 g/mol. The SMILES string of the molecule is CCCN=C(N)NC(C)(C)CC(N)=O. The minimum atomic E-state index is -0.437. The Kier molecular flexibility index (Phi) is 4.97. The van der Waals surface area contributed by atoms with Gasteiger partial charge in [-0.3, -0.25) is 9.79 Å². The van der Waals surface area contributed by atoms with Gasteiger partial charge in [-0.15, -0.1) is 0 Å². The molecular weight excluding hydrogens is 180 g/mol. The van der Waals surface area contributed by atoms with E-state index in [9.17, 15) is 4.79 Å². The molecule has 0 aliphatic heterocycles. The Morgan fingerprint density at radius 1 is 1.43 bits per heavy atom. The maximum absolute atomic E-state index is 10.7. The quantitative estimate of drug-likeness (QED) is 0.429. The Bertz CT molecular complexity index is 223. The van der Waals surface area contributed by atoms with E-state index < -0.39 is 5.54 Å². The van der Waals surface area contributed by atoms with Gasteiger partial charge in [-0.1, -0.05) is 6.92 Å². The number of guanidine groups is 1. The van der Waals surface area contributed by atoms with Gasteiger partial charge in [-0.2, -0.15) is 0 Å². The van der Waals surface area contributed by atoms with Crippen LogP contribution in [0.5, 0.6) is 0 Å². The van der Waals surface area contributed by atoms with Crippen molar-refractivity contribution < 1.29 is 4.79 Å². The summed E-state index contributed by atoms with van der Waals surface area (Å²) in [5.41, 5.74) is 10.3. The summed E-state index contributed by atoms with van der Waals surface area (Å²) in [6.07, 6.45) is 1.17. The van der Waals surface area contributed by atoms with Crippen molar-refractivity contribution in [1.29, 1.82) is 0 Å². The second kappa shape index (κ2) is 5.47. The molecule has 5 N–H and O–H groups in total. The minimum absolute atomic E-state index is 0.231. The first-order chi connectivity index (χ1) is 6.37. The molecule has 0 aromatic carbocycles. The number of rotatable bonds is 5. The Morgan fingerprint density at radius 2 is 2.00 bits per heavy atom. The molecular formula is C9H20N4O. The number of primary amides is 1. The number of nitrogens with one attached hydrogen (secondary N) is 1. The normalized spacial score (nSPS) is 12.6. The molecule has 0 spiro atoms. The molecule has 0 rings (SSSR count). The predicted molar refractivity (Wildman–Crippen MR) is 57.8 cm³/mol. The lowest BCUT2D eigenvalue weighted by molar-refractivity contribution is -0.119. The van der Waals surface area contributed by atoms with Crippen molar-refractivity contribution in [3.8, 4) is 0 Å². The monoisotopic (exact) mass is 200 g/mol. The van der Waals surface area contributed by atoms with Crippen molar-refractivity contribution >= 4 is 11.9 Å². The average Bonchev–Trinajstić information content (AvgIpc) is 1.96. The van der Waals surface area contributed by atoms with Crippen molar-refractivity contribution in [3.63, 3.8) is 0 Å². The number of hydrogen-bond acceptors (Lipinski definition) is 2. The van der Waals surface area contributed by atoms with Crippen LogP contribution < -0.4 is 16.8 Å². The fourth-order valence-corrected chi connectivity index (χ4v) is 1.10. The van der Waals surface area contributed by atoms with Crippen molar-refractivity contribution in [2.24, 2.45) is 16.5 Å². The topological polar surface area (TPSA) is 93.5 Å². The fourth-order valence-electron chi connectivity index (χ4n) is 1.10. The molecule has 0 aromatic rings. The van der Waals surface area contributed by atoms with Crippen LogP contribution in [0.4, 0.5) is 0 Å². The third kappa shape index (κ3) is 6.28. The van der Waals surface area contributed by atoms with Gasteiger partial charge < -0.3 is 16.8 Å². The standard InChI is InChI=1S/C9H20N4O/c1-4-5-12-8(11)13-9(2,3)6-7(10)14/h4-6H2,1-3H3,(H2,10,14)(H3,11,12,13). The summed E-state index contributed by atoms with van der Waals surface area (Å²) in [6, 6.07) is 0. The number of hydrogen-bond donors (Lipinski definition) is 3. The summed E-state index contributed by atoms with van der Waals surface area (Å²) >= 11 is 0. The molecule has 0 aliphatic rings. The van der Waals surface area contributed by atoms with Gasteiger partial charge in [0, 0.05) is 18.5 Å². The lowest BCUT2D eigenvalue weighted by atomic mass is 10.0. The van der Waals surface area contributed by atoms with Gasteiger partial charge in [0.2, 0.25) is 5.91 Å². The molecule has 5 heteroatoms. The highest BCUT2D eigenvalue weighted by atomic mass is 16.1. The highest BCUT2D eigenvalue weighted by molar-refractivity contribution is 5.80. The fraction of sp³-hybridized carbons (Fsp3) is 0.778. The molecule has 0 saturated carbocycles. The molecule has 0 aromatic heterocycles. The van der Waals surface area contributed by atoms with E-state index >= 15 is 0 Å². The number of aliphatic imine (C=N–C) groups is 1. The zero-order valence-corrected chi connectivity index (χ0v) is 9.13. The Hall–Kier alpha value is -1.26. The maximum atomic E-state index is 10.7. The zero-order valence-electron chi connectivity index (χ0n) is 9.13. The Morgan fingerprint density at radius 3 is 2.43 bits per heavy atom. The van der Waals surface area contributed by atoms with E-state index in [4.69, 9.17) is 11.5 Å². The molecule has 0 saturated heterocycles. The van der Waals surface area contributed by atoms with Crippen LogP contribution in [-0.4, -0.2) is 24.0 Å². The number of carbonyl (C=O) groups excluding carboxylic acids is 1. The van der Waals surface area contributed by atoms with Crippen molar-refractivity contribution in [3.05, 3.63) is 0 Å². The molecule has 0 fully saturated rings. The first-order valence-corrected chi connectivity index (χ1v) is 4.74. The summed E-state index contributed by atoms with van der Waals surface area (Å²) in [6.45, 7) is 6.41. The number of carbonyl (C=O) groups is 1. The maximum Gasteiger partial charge on any atom is 0.219 e. The lowest BCUT2D eigenvalue weighted by Gasteiger charge is -2.25. The summed E-state index contributed by atoms with van der Waals surface area (Å²) < 4.78 is 0. The van der Waals surface area contributed by atoms with Crippen LogP contribution in [0.3, 0.4) is 0 Å². The highest BCUT2D eigenvalue weighted by Gasteiger charge is 2.20. The first-order valence-electron chi connectivity index (χ1n) is 4.74. The predicted octanol–water partition coefficient (Wildman–Crippen LogP) is -0.0453. The van der Waals surface area contributed by atoms with Crippen LogP contribution in [0.2, 0.25) is 0 Å². The third-order valence-corrected chi connectivity index (χ3v) is 1.59. The van der Waals surface area contributed by atoms with E-state index in [0.717, 1.165) is 6.42 Å². The second-order valence-electron chi connectivity index (χ2n) is 3.92. The molecule has 1 amide bonds. The van der Waals surface area contributed by atoms with Gasteiger partial charge in [0.15, 0.2) is 5.96 Å². The number of nitrogens with two attached hydrogens (primary N) is 2. The summed E-state index contributed by atoms with van der Waals surface area (Å²) in [4.78, 5) is 14.8. The van der Waals surface area contributed by atoms with E-state index in [-0.39, 0.29) is 12.3 Å². The molecule has 0 atom stereocenters. The lowest BCUT2D eigenvalue weighted by Crippen LogP contribution is -2.49. The number of amides is 1. The van der Waals surface area contributed by atoms with Gasteiger partial charge in [-0.25, -0.2) is 0 Å². The van der Waals surface area contributed by atoms with Gasteiger partial charge in [-0.05, 0) is 20.3 Å². The van der Waals surface area contributed by atoms with E-state index in [0.29, 0.717) is 12.5 Å². The van der Waals surface area contributed by atoms with Crippen LogP contribution in [0, 0.1) is 0 Å². The molecule has 0 aliphatic carbocycles. The Balaban J connectivity index is 4.13. The third-order valence-electron chi connectivity index (χ3n) is 1.59. The van der Waals surface area contributed by atoms with Gasteiger partial charge >= 0.3 is 0 Å². The summed E-state index contributed by atoms with van der Waals surface area (Å²) in [7, 11) is 0. The molecule has 0 bridgehead atoms. The van der Waals surface area contributed by atoms with Crippen molar-refractivity contribution in [1.82, 2.24) is 5.32 Å². The van der Waals surface area contributed by atoms with Gasteiger partial charge in [0.1, 0.15) is 0 Å². The molecule has 82 valence electrons. The van der Waals surface area contributed by atoms with E-state index in [1.807, 2.05) is 20.8 Å². The second-order valence-corrected chi connectivity index (χ2v) is 3.92. The molecule has 0 unspecified atom stereocenters. The van der Waals surface area contributed by atoms with Crippen LogP contribution in [0.25, 0.3) is 0 Å². The Labute approximate surface area is 84.9 Å². The van der Waals surface area contributed by atoms with Gasteiger partial charge in [0.25, 0.3) is 0 Å². The first kappa shape index (κ1) is 12.7. The van der Waals surface area contributed by atoms with Crippen LogP contribution >= 0.6 is 0 Å². The van der Waals surface area contributed by atoms with Crippen molar-refractivity contribution in [2.75, 3.05) is 6.54 Å². The molecule has 0 radical (unpaired) electrons. The van der Waals surface area contributed by atoms with Gasteiger partial charge in [0.05, 0.1) is 0 Å². The van der Waals surface area contributed by atoms with E-state index in [1.165, 1.54) is 0 Å². The van der Waals surface area contributed by atoms with E-state index in [1.54, 1.807) is 0 Å². The smallest absolute Gasteiger partial charge is 0.219 e. The zero-order chi connectivity index (χ0) is 11.2. The minimum Gasteiger partial charge on any atom is -0.370 e. The van der Waals surface area contributed by atoms with Crippen LogP contribution in [-0.2, 0) is 4.79 Å². The highest BCUT2D eigenvalue weighted by Crippen LogP contribution is 2.06. The molecule has 14 heavy (non-hydrogen) atoms. The summed E-state index contributed by atoms with van der Waals surface area (Å²) in [5.74, 6) is 0.00360. The van der Waals surface area contributed by atoms with Crippen molar-refractivity contribution in [2.45, 2.75) is 39.2 Å². The largest absolute Gasteiger partial charge is 0.370 e. The van der Waals surface area contributed by atoms with Crippen LogP contribution in [0.1, 0.15) is 33.6 Å². The molecule has 0 heterocycles. The summed E-state index contributed by atoms with van der Waals surface area (Å²) in [5, 5.41) is 2.95. The number of nitrogens with zero attached hydrogens (tertiary/aromatic N) is 1. The molecule has 5 nitrogen and oxygen atoms in total. The van der Waals surface area contributed by atoms with E-state index in [2.05, 4.69) is 10.3 Å².